The van der Waals surface area contributed by atoms with Gasteiger partial charge in [0.2, 0.25) is 0 Å². The van der Waals surface area contributed by atoms with Crippen LogP contribution in [-0.4, -0.2) is 96.7 Å². The van der Waals surface area contributed by atoms with E-state index < -0.39 is 97.5 Å². The molecule has 0 aromatic carbocycles. The van der Waals surface area contributed by atoms with Crippen LogP contribution >= 0.6 is 15.6 Å². The molecule has 19 heteroatoms. The zero-order valence-electron chi connectivity index (χ0n) is 57.6. The molecule has 0 rings (SSSR count). The number of hydrogen-bond donors (Lipinski definition) is 3. The van der Waals surface area contributed by atoms with Gasteiger partial charge >= 0.3 is 39.5 Å². The van der Waals surface area contributed by atoms with Crippen molar-refractivity contribution in [2.24, 2.45) is 5.92 Å². The average molecular weight is 1310 g/mol. The number of carbonyl (C=O) groups is 4. The normalized spacial score (nSPS) is 14.1. The topological polar surface area (TPSA) is 237 Å². The van der Waals surface area contributed by atoms with E-state index in [1.807, 2.05) is 0 Å². The SMILES string of the molecule is CCCCCCCCCCCCCCCCCCCCCCCCC(=O)O[C@H](COC(=O)CCCCCCCCCCC(C)C)COP(=O)(O)OC[C@@H](O)COP(=O)(O)OC[C@@H](COC(=O)CCCCCCC)OC(=O)CCCCCCCCCCCCC. The lowest BCUT2D eigenvalue weighted by molar-refractivity contribution is -0.161. The lowest BCUT2D eigenvalue weighted by Gasteiger charge is -2.21. The minimum atomic E-state index is -4.95. The molecule has 0 aliphatic heterocycles. The molecule has 0 aliphatic rings. The molecule has 89 heavy (non-hydrogen) atoms. The monoisotopic (exact) mass is 1310 g/mol. The van der Waals surface area contributed by atoms with Crippen LogP contribution in [0.4, 0.5) is 0 Å². The Morgan fingerprint density at radius 1 is 0.303 bits per heavy atom. The second-order valence-corrected chi connectivity index (χ2v) is 28.7. The lowest BCUT2D eigenvalue weighted by atomic mass is 10.0. The number of aliphatic hydroxyl groups is 1. The van der Waals surface area contributed by atoms with Crippen molar-refractivity contribution in [3.05, 3.63) is 0 Å². The number of carbonyl (C=O) groups excluding carboxylic acids is 4. The van der Waals surface area contributed by atoms with Crippen LogP contribution in [0.3, 0.4) is 0 Å². The Labute approximate surface area is 543 Å². The van der Waals surface area contributed by atoms with E-state index in [0.717, 1.165) is 102 Å². The zero-order valence-corrected chi connectivity index (χ0v) is 59.4. The Bertz CT molecular complexity index is 1720. The molecular weight excluding hydrogens is 1170 g/mol. The predicted octanol–water partition coefficient (Wildman–Crippen LogP) is 20.1. The summed E-state index contributed by atoms with van der Waals surface area (Å²) in [6.45, 7) is 7.11. The van der Waals surface area contributed by atoms with E-state index in [1.54, 1.807) is 0 Å². The molecule has 0 aromatic rings. The fourth-order valence-corrected chi connectivity index (χ4v) is 12.2. The molecule has 0 spiro atoms. The smallest absolute Gasteiger partial charge is 0.462 e. The first-order valence-corrected chi connectivity index (χ1v) is 39.6. The number of aliphatic hydroxyl groups excluding tert-OH is 1. The van der Waals surface area contributed by atoms with Gasteiger partial charge in [-0.05, 0) is 31.6 Å². The van der Waals surface area contributed by atoms with Gasteiger partial charge in [0.05, 0.1) is 26.4 Å². The molecule has 5 atom stereocenters. The summed E-state index contributed by atoms with van der Waals surface area (Å²) in [5, 5.41) is 10.5. The Balaban J connectivity index is 5.07. The molecule has 0 bridgehead atoms. The van der Waals surface area contributed by atoms with Gasteiger partial charge < -0.3 is 33.8 Å². The van der Waals surface area contributed by atoms with Crippen LogP contribution in [0.5, 0.6) is 0 Å². The van der Waals surface area contributed by atoms with E-state index in [-0.39, 0.29) is 25.7 Å². The minimum Gasteiger partial charge on any atom is -0.462 e. The second-order valence-electron chi connectivity index (χ2n) is 25.7. The second kappa shape index (κ2) is 63.5. The first kappa shape index (κ1) is 87.1. The maximum Gasteiger partial charge on any atom is 0.472 e. The minimum absolute atomic E-state index is 0.106. The van der Waals surface area contributed by atoms with Crippen LogP contribution in [0.2, 0.25) is 0 Å². The maximum absolute atomic E-state index is 13.0. The molecule has 0 saturated carbocycles. The standard InChI is InChI=1S/C70H136O17P2/c1-6-9-12-15-17-19-21-22-23-24-25-26-27-28-29-30-31-33-35-41-46-51-56-70(75)87-66(60-81-68(73)54-49-44-39-37-36-38-43-47-52-63(4)5)62-85-89(78,79)83-58-64(71)57-82-88(76,77)84-61-65(59-80-67(72)53-48-42-14-11-8-3)86-69(74)55-50-45-40-34-32-20-18-16-13-10-7-2/h63-66,71H,6-62H2,1-5H3,(H,76,77)(H,78,79)/t64-,65+,66+/m0/s1. The first-order chi connectivity index (χ1) is 43.0. The van der Waals surface area contributed by atoms with Gasteiger partial charge in [0.1, 0.15) is 19.3 Å². The molecular formula is C70H136O17P2. The van der Waals surface area contributed by atoms with Crippen LogP contribution in [0.25, 0.3) is 0 Å². The Kier molecular flexibility index (Phi) is 62.1. The van der Waals surface area contributed by atoms with Gasteiger partial charge in [-0.3, -0.25) is 37.3 Å². The Hall–Kier alpha value is -1.94. The van der Waals surface area contributed by atoms with E-state index in [0.29, 0.717) is 25.7 Å². The molecule has 3 N–H and O–H groups in total. The lowest BCUT2D eigenvalue weighted by Crippen LogP contribution is -2.30. The van der Waals surface area contributed by atoms with Crippen molar-refractivity contribution in [3.63, 3.8) is 0 Å². The summed E-state index contributed by atoms with van der Waals surface area (Å²) < 4.78 is 68.0. The van der Waals surface area contributed by atoms with Crippen LogP contribution in [-0.2, 0) is 65.4 Å². The van der Waals surface area contributed by atoms with E-state index in [1.165, 1.54) is 180 Å². The number of unbranched alkanes of at least 4 members (excludes halogenated alkanes) is 42. The van der Waals surface area contributed by atoms with E-state index in [9.17, 15) is 43.2 Å². The summed E-state index contributed by atoms with van der Waals surface area (Å²) in [7, 11) is -9.89. The summed E-state index contributed by atoms with van der Waals surface area (Å²) >= 11 is 0. The quantitative estimate of drug-likeness (QED) is 0.0222. The summed E-state index contributed by atoms with van der Waals surface area (Å²) in [6, 6.07) is 0. The highest BCUT2D eigenvalue weighted by molar-refractivity contribution is 7.47. The van der Waals surface area contributed by atoms with Crippen molar-refractivity contribution < 1.29 is 80.2 Å². The number of rotatable bonds is 70. The Morgan fingerprint density at radius 2 is 0.517 bits per heavy atom. The third-order valence-electron chi connectivity index (χ3n) is 16.3. The van der Waals surface area contributed by atoms with Gasteiger partial charge in [-0.2, -0.15) is 0 Å². The molecule has 0 radical (unpaired) electrons. The number of hydrogen-bond acceptors (Lipinski definition) is 15. The molecule has 0 aliphatic carbocycles. The van der Waals surface area contributed by atoms with Crippen molar-refractivity contribution in [3.8, 4) is 0 Å². The van der Waals surface area contributed by atoms with Gasteiger partial charge in [0.15, 0.2) is 12.2 Å². The number of phosphoric ester groups is 2. The summed E-state index contributed by atoms with van der Waals surface area (Å²) in [6.07, 6.45) is 50.6. The van der Waals surface area contributed by atoms with Crippen molar-refractivity contribution in [2.45, 2.75) is 380 Å². The molecule has 0 amide bonds. The van der Waals surface area contributed by atoms with Crippen LogP contribution in [0, 0.1) is 5.92 Å². The Morgan fingerprint density at radius 3 is 0.764 bits per heavy atom. The van der Waals surface area contributed by atoms with E-state index >= 15 is 0 Å². The van der Waals surface area contributed by atoms with Gasteiger partial charge in [0, 0.05) is 25.7 Å². The molecule has 0 fully saturated rings. The highest BCUT2D eigenvalue weighted by Crippen LogP contribution is 2.45. The fraction of sp³-hybridized carbons (Fsp3) is 0.943. The number of ether oxygens (including phenoxy) is 4. The van der Waals surface area contributed by atoms with Crippen LogP contribution in [0.15, 0.2) is 0 Å². The fourth-order valence-electron chi connectivity index (χ4n) is 10.6. The third kappa shape index (κ3) is 64.6. The molecule has 0 aromatic heterocycles. The molecule has 0 heterocycles. The van der Waals surface area contributed by atoms with Crippen molar-refractivity contribution >= 4 is 39.5 Å². The van der Waals surface area contributed by atoms with Crippen molar-refractivity contribution in [1.29, 1.82) is 0 Å². The zero-order chi connectivity index (χ0) is 65.6. The molecule has 17 nitrogen and oxygen atoms in total. The van der Waals surface area contributed by atoms with Crippen molar-refractivity contribution in [2.75, 3.05) is 39.6 Å². The summed E-state index contributed by atoms with van der Waals surface area (Å²) in [5.74, 6) is -1.41. The summed E-state index contributed by atoms with van der Waals surface area (Å²) in [4.78, 5) is 72.2. The van der Waals surface area contributed by atoms with Gasteiger partial charge in [-0.15, -0.1) is 0 Å². The van der Waals surface area contributed by atoms with E-state index in [4.69, 9.17) is 37.0 Å². The van der Waals surface area contributed by atoms with Crippen molar-refractivity contribution in [1.82, 2.24) is 0 Å². The van der Waals surface area contributed by atoms with Gasteiger partial charge in [0.25, 0.3) is 0 Å². The molecule has 0 saturated heterocycles. The van der Waals surface area contributed by atoms with Crippen LogP contribution in [0.1, 0.15) is 362 Å². The molecule has 2 unspecified atom stereocenters. The maximum atomic E-state index is 13.0. The van der Waals surface area contributed by atoms with Gasteiger partial charge in [-0.25, -0.2) is 9.13 Å². The third-order valence-corrected chi connectivity index (χ3v) is 18.2. The number of esters is 4. The largest absolute Gasteiger partial charge is 0.472 e. The first-order valence-electron chi connectivity index (χ1n) is 36.6. The van der Waals surface area contributed by atoms with Crippen LogP contribution < -0.4 is 0 Å². The number of phosphoric acid groups is 2. The summed E-state index contributed by atoms with van der Waals surface area (Å²) in [5.41, 5.74) is 0. The molecule has 528 valence electrons. The average Bonchev–Trinajstić information content (AvgIpc) is 3.60. The van der Waals surface area contributed by atoms with E-state index in [2.05, 4.69) is 34.6 Å². The predicted molar refractivity (Wildman–Crippen MR) is 358 cm³/mol. The van der Waals surface area contributed by atoms with Gasteiger partial charge in [-0.1, -0.05) is 311 Å². The highest BCUT2D eigenvalue weighted by atomic mass is 31.2. The highest BCUT2D eigenvalue weighted by Gasteiger charge is 2.30.